The van der Waals surface area contributed by atoms with Crippen molar-refractivity contribution in [2.75, 3.05) is 50.6 Å². The lowest BCUT2D eigenvalue weighted by molar-refractivity contribution is 0.122. The van der Waals surface area contributed by atoms with Gasteiger partial charge in [-0.2, -0.15) is 17.2 Å². The minimum Gasteiger partial charge on any atom is -0.378 e. The Hall–Kier alpha value is -3.55. The molecule has 36 heavy (non-hydrogen) atoms. The summed E-state index contributed by atoms with van der Waals surface area (Å²) in [6.07, 6.45) is 2.72. The molecule has 1 aliphatic rings. The number of nitrogens with zero attached hydrogens (tertiary/aromatic N) is 7. The number of hydrogen-bond donors (Lipinski definition) is 1. The zero-order valence-electron chi connectivity index (χ0n) is 20.4. The van der Waals surface area contributed by atoms with Crippen LogP contribution in [0.3, 0.4) is 0 Å². The Morgan fingerprint density at radius 1 is 1.17 bits per heavy atom. The number of fused-ring (bicyclic) bond motifs is 1. The molecule has 1 saturated heterocycles. The minimum absolute atomic E-state index is 0.318. The topological polar surface area (TPSA) is 110 Å². The van der Waals surface area contributed by atoms with Crippen molar-refractivity contribution in [1.29, 1.82) is 0 Å². The summed E-state index contributed by atoms with van der Waals surface area (Å²) in [6, 6.07) is 6.70. The first-order valence-electron chi connectivity index (χ1n) is 11.4. The molecule has 1 fully saturated rings. The van der Waals surface area contributed by atoms with Gasteiger partial charge < -0.3 is 15.0 Å². The van der Waals surface area contributed by atoms with Crippen molar-refractivity contribution < 1.29 is 17.5 Å². The van der Waals surface area contributed by atoms with Gasteiger partial charge >= 0.3 is 10.2 Å². The van der Waals surface area contributed by atoms with Crippen LogP contribution in [-0.4, -0.2) is 76.7 Å². The van der Waals surface area contributed by atoms with Crippen LogP contribution in [0.4, 0.5) is 21.7 Å². The van der Waals surface area contributed by atoms with Crippen molar-refractivity contribution in [3.05, 3.63) is 53.9 Å². The number of aromatic nitrogens is 5. The number of benzene rings is 1. The predicted octanol–water partition coefficient (Wildman–Crippen LogP) is 2.58. The highest BCUT2D eigenvalue weighted by molar-refractivity contribution is 7.87. The molecule has 13 heteroatoms. The van der Waals surface area contributed by atoms with Crippen LogP contribution in [0.5, 0.6) is 0 Å². The summed E-state index contributed by atoms with van der Waals surface area (Å²) < 4.78 is 48.8. The van der Waals surface area contributed by atoms with Crippen molar-refractivity contribution in [3.8, 4) is 11.3 Å². The zero-order chi connectivity index (χ0) is 25.6. The van der Waals surface area contributed by atoms with E-state index in [0.717, 1.165) is 8.28 Å². The lowest BCUT2D eigenvalue weighted by Crippen LogP contribution is -2.37. The Morgan fingerprint density at radius 3 is 2.64 bits per heavy atom. The van der Waals surface area contributed by atoms with Gasteiger partial charge in [-0.05, 0) is 32.0 Å². The first-order chi connectivity index (χ1) is 17.2. The molecule has 4 heterocycles. The Labute approximate surface area is 208 Å². The van der Waals surface area contributed by atoms with Gasteiger partial charge in [-0.15, -0.1) is 5.10 Å². The fourth-order valence-corrected chi connectivity index (χ4v) is 4.80. The van der Waals surface area contributed by atoms with Crippen molar-refractivity contribution in [2.24, 2.45) is 0 Å². The number of hydrogen-bond acceptors (Lipinski definition) is 8. The van der Waals surface area contributed by atoms with Gasteiger partial charge in [-0.3, -0.25) is 0 Å². The number of imidazole rings is 2. The standard InChI is InChI=1S/C23H27FN8O3S/c1-15-18(24)6-5-7-19(15)27-22-16(2)26-23-17(20-13-31(14-25-20)36(33,34)29(3)4)12-21(28-32(22)23)30-8-10-35-11-9-30/h5-7,12-14,27H,8-11H2,1-4H3. The lowest BCUT2D eigenvalue weighted by atomic mass is 10.2. The third-order valence-corrected chi connectivity index (χ3v) is 7.82. The predicted molar refractivity (Wildman–Crippen MR) is 134 cm³/mol. The van der Waals surface area contributed by atoms with E-state index >= 15 is 0 Å². The summed E-state index contributed by atoms with van der Waals surface area (Å²) in [4.78, 5) is 11.2. The number of rotatable bonds is 6. The molecule has 3 aromatic heterocycles. The van der Waals surface area contributed by atoms with Crippen LogP contribution in [0.15, 0.2) is 36.8 Å². The third kappa shape index (κ3) is 4.18. The number of ether oxygens (including phenoxy) is 1. The van der Waals surface area contributed by atoms with E-state index in [-0.39, 0.29) is 5.82 Å². The fourth-order valence-electron chi connectivity index (χ4n) is 4.02. The van der Waals surface area contributed by atoms with Gasteiger partial charge in [-0.25, -0.2) is 18.3 Å². The van der Waals surface area contributed by atoms with E-state index in [0.29, 0.717) is 71.8 Å². The second kappa shape index (κ2) is 9.15. The van der Waals surface area contributed by atoms with E-state index in [1.54, 1.807) is 23.6 Å². The second-order valence-electron chi connectivity index (χ2n) is 8.71. The first-order valence-corrected chi connectivity index (χ1v) is 12.8. The maximum absolute atomic E-state index is 14.2. The maximum Gasteiger partial charge on any atom is 0.308 e. The Kier molecular flexibility index (Phi) is 6.14. The van der Waals surface area contributed by atoms with Crippen molar-refractivity contribution in [3.63, 3.8) is 0 Å². The summed E-state index contributed by atoms with van der Waals surface area (Å²) in [7, 11) is -0.813. The molecule has 0 atom stereocenters. The van der Waals surface area contributed by atoms with Gasteiger partial charge in [0, 0.05) is 44.6 Å². The smallest absolute Gasteiger partial charge is 0.308 e. The highest BCUT2D eigenvalue weighted by Gasteiger charge is 2.23. The molecule has 0 bridgehead atoms. The second-order valence-corrected chi connectivity index (χ2v) is 10.8. The Bertz CT molecular complexity index is 1540. The summed E-state index contributed by atoms with van der Waals surface area (Å²) in [6.45, 7) is 5.98. The van der Waals surface area contributed by atoms with E-state index in [1.807, 2.05) is 13.0 Å². The summed E-state index contributed by atoms with van der Waals surface area (Å²) >= 11 is 0. The van der Waals surface area contributed by atoms with Gasteiger partial charge in [-0.1, -0.05) is 6.07 Å². The molecule has 0 unspecified atom stereocenters. The first kappa shape index (κ1) is 24.2. The van der Waals surface area contributed by atoms with Gasteiger partial charge in [0.05, 0.1) is 30.2 Å². The minimum atomic E-state index is -3.73. The summed E-state index contributed by atoms with van der Waals surface area (Å²) in [5.74, 6) is 0.930. The van der Waals surface area contributed by atoms with E-state index in [2.05, 4.69) is 15.2 Å². The number of anilines is 3. The number of nitrogens with one attached hydrogen (secondary N) is 1. The van der Waals surface area contributed by atoms with E-state index in [1.165, 1.54) is 32.7 Å². The van der Waals surface area contributed by atoms with Gasteiger partial charge in [0.15, 0.2) is 17.3 Å². The van der Waals surface area contributed by atoms with Crippen LogP contribution in [0.25, 0.3) is 16.9 Å². The summed E-state index contributed by atoms with van der Waals surface area (Å²) in [5, 5.41) is 8.13. The highest BCUT2D eigenvalue weighted by atomic mass is 32.2. The van der Waals surface area contributed by atoms with Gasteiger partial charge in [0.1, 0.15) is 12.1 Å². The molecular weight excluding hydrogens is 487 g/mol. The Balaban J connectivity index is 1.69. The van der Waals surface area contributed by atoms with Crippen molar-refractivity contribution in [2.45, 2.75) is 13.8 Å². The van der Waals surface area contributed by atoms with E-state index in [4.69, 9.17) is 14.8 Å². The maximum atomic E-state index is 14.2. The van der Waals surface area contributed by atoms with E-state index < -0.39 is 10.2 Å². The Morgan fingerprint density at radius 2 is 1.92 bits per heavy atom. The van der Waals surface area contributed by atoms with E-state index in [9.17, 15) is 12.8 Å². The average molecular weight is 515 g/mol. The van der Waals surface area contributed by atoms with Gasteiger partial charge in [0.25, 0.3) is 0 Å². The third-order valence-electron chi connectivity index (χ3n) is 6.17. The molecule has 5 rings (SSSR count). The number of halogens is 1. The largest absolute Gasteiger partial charge is 0.378 e. The molecule has 1 N–H and O–H groups in total. The quantitative estimate of drug-likeness (QED) is 0.418. The number of aryl methyl sites for hydroxylation is 1. The SMILES string of the molecule is Cc1nc2c(-c3cn(S(=O)(=O)N(C)C)cn3)cc(N3CCOCC3)nn2c1Nc1cccc(F)c1C. The molecule has 0 radical (unpaired) electrons. The fraction of sp³-hybridized carbons (Fsp3) is 0.348. The zero-order valence-corrected chi connectivity index (χ0v) is 21.3. The monoisotopic (exact) mass is 514 g/mol. The highest BCUT2D eigenvalue weighted by Crippen LogP contribution is 2.32. The molecule has 4 aromatic rings. The van der Waals surface area contributed by atoms with Crippen LogP contribution in [-0.2, 0) is 14.9 Å². The molecule has 190 valence electrons. The molecule has 11 nitrogen and oxygen atoms in total. The van der Waals surface area contributed by atoms with Crippen LogP contribution >= 0.6 is 0 Å². The normalized spacial score (nSPS) is 14.7. The van der Waals surface area contributed by atoms with Crippen LogP contribution in [0.2, 0.25) is 0 Å². The van der Waals surface area contributed by atoms with Crippen LogP contribution in [0, 0.1) is 19.7 Å². The molecular formula is C23H27FN8O3S. The lowest BCUT2D eigenvalue weighted by Gasteiger charge is -2.28. The van der Waals surface area contributed by atoms with Crippen LogP contribution in [0.1, 0.15) is 11.3 Å². The van der Waals surface area contributed by atoms with Gasteiger partial charge in [0.2, 0.25) is 0 Å². The van der Waals surface area contributed by atoms with Crippen molar-refractivity contribution in [1.82, 2.24) is 27.9 Å². The molecule has 0 amide bonds. The van der Waals surface area contributed by atoms with Crippen LogP contribution < -0.4 is 10.2 Å². The molecule has 1 aromatic carbocycles. The molecule has 0 saturated carbocycles. The molecule has 0 spiro atoms. The molecule has 1 aliphatic heterocycles. The average Bonchev–Trinajstić information content (AvgIpc) is 3.47. The summed E-state index contributed by atoms with van der Waals surface area (Å²) in [5.41, 5.74) is 3.26. The molecule has 0 aliphatic carbocycles. The number of morpholine rings is 1. The van der Waals surface area contributed by atoms with Crippen molar-refractivity contribution >= 4 is 33.2 Å².